The van der Waals surface area contributed by atoms with Crippen LogP contribution in [0.1, 0.15) is 51.0 Å². The van der Waals surface area contributed by atoms with E-state index in [1.54, 1.807) is 6.07 Å². The van der Waals surface area contributed by atoms with Crippen LogP contribution in [0.2, 0.25) is 0 Å². The van der Waals surface area contributed by atoms with Gasteiger partial charge < -0.3 is 5.32 Å². The summed E-state index contributed by atoms with van der Waals surface area (Å²) in [6.45, 7) is 2.86. The zero-order valence-corrected chi connectivity index (χ0v) is 13.2. The third-order valence-electron chi connectivity index (χ3n) is 4.23. The van der Waals surface area contributed by atoms with Gasteiger partial charge in [0.2, 0.25) is 0 Å². The summed E-state index contributed by atoms with van der Waals surface area (Å²) in [6, 6.07) is 5.60. The van der Waals surface area contributed by atoms with Gasteiger partial charge >= 0.3 is 0 Å². The molecule has 0 spiro atoms. The average Bonchev–Trinajstić information content (AvgIpc) is 2.68. The standard InChI is InChI=1S/C16H23BrFN/c1-12(13-6-4-2-3-5-7-13)19-11-14-10-15(17)8-9-16(14)18/h8-10,12-13,19H,2-7,11H2,1H3/t12-/m1/s1. The molecule has 0 radical (unpaired) electrons. The number of hydrogen-bond donors (Lipinski definition) is 1. The minimum atomic E-state index is -0.122. The molecule has 0 saturated heterocycles. The highest BCUT2D eigenvalue weighted by Gasteiger charge is 2.18. The Hall–Kier alpha value is -0.410. The van der Waals surface area contributed by atoms with Gasteiger partial charge in [0.25, 0.3) is 0 Å². The molecule has 19 heavy (non-hydrogen) atoms. The first kappa shape index (κ1) is 15.0. The molecule has 106 valence electrons. The molecule has 2 rings (SSSR count). The lowest BCUT2D eigenvalue weighted by Gasteiger charge is -2.23. The van der Waals surface area contributed by atoms with Crippen LogP contribution in [0.5, 0.6) is 0 Å². The predicted molar refractivity (Wildman–Crippen MR) is 81.6 cm³/mol. The highest BCUT2D eigenvalue weighted by Crippen LogP contribution is 2.25. The van der Waals surface area contributed by atoms with Gasteiger partial charge in [-0.05, 0) is 43.9 Å². The molecule has 0 aliphatic heterocycles. The molecule has 1 fully saturated rings. The molecule has 0 aromatic heterocycles. The number of rotatable bonds is 4. The topological polar surface area (TPSA) is 12.0 Å². The Morgan fingerprint density at radius 3 is 2.63 bits per heavy atom. The van der Waals surface area contributed by atoms with E-state index in [9.17, 15) is 4.39 Å². The molecule has 0 unspecified atom stereocenters. The SMILES string of the molecule is C[C@@H](NCc1cc(Br)ccc1F)C1CCCCCC1. The summed E-state index contributed by atoms with van der Waals surface area (Å²) in [4.78, 5) is 0. The predicted octanol–water partition coefficient (Wildman–Crippen LogP) is 5.04. The monoisotopic (exact) mass is 327 g/mol. The second kappa shape index (κ2) is 7.39. The van der Waals surface area contributed by atoms with Crippen molar-refractivity contribution in [1.82, 2.24) is 5.32 Å². The third-order valence-corrected chi connectivity index (χ3v) is 4.72. The molecule has 1 atom stereocenters. The molecule has 0 amide bonds. The summed E-state index contributed by atoms with van der Waals surface area (Å²) in [7, 11) is 0. The molecule has 1 saturated carbocycles. The van der Waals surface area contributed by atoms with E-state index in [1.807, 2.05) is 6.07 Å². The van der Waals surface area contributed by atoms with Gasteiger partial charge in [0.15, 0.2) is 0 Å². The highest BCUT2D eigenvalue weighted by molar-refractivity contribution is 9.10. The number of nitrogens with one attached hydrogen (secondary N) is 1. The smallest absolute Gasteiger partial charge is 0.127 e. The summed E-state index contributed by atoms with van der Waals surface area (Å²) in [5.74, 6) is 0.626. The fourth-order valence-corrected chi connectivity index (χ4v) is 3.34. The van der Waals surface area contributed by atoms with Crippen LogP contribution in [-0.2, 0) is 6.54 Å². The van der Waals surface area contributed by atoms with E-state index in [4.69, 9.17) is 0 Å². The molecule has 3 heteroatoms. The van der Waals surface area contributed by atoms with Crippen molar-refractivity contribution >= 4 is 15.9 Å². The molecule has 0 bridgehead atoms. The molecule has 1 aromatic rings. The van der Waals surface area contributed by atoms with Crippen molar-refractivity contribution in [3.8, 4) is 0 Å². The van der Waals surface area contributed by atoms with Gasteiger partial charge in [0, 0.05) is 22.6 Å². The minimum absolute atomic E-state index is 0.122. The normalized spacial score (nSPS) is 19.1. The number of hydrogen-bond acceptors (Lipinski definition) is 1. The summed E-state index contributed by atoms with van der Waals surface area (Å²) in [5.41, 5.74) is 0.745. The van der Waals surface area contributed by atoms with Crippen molar-refractivity contribution in [3.63, 3.8) is 0 Å². The zero-order valence-electron chi connectivity index (χ0n) is 11.6. The Bertz CT molecular complexity index is 400. The second-order valence-corrected chi connectivity index (χ2v) is 6.57. The van der Waals surface area contributed by atoms with E-state index in [0.717, 1.165) is 16.0 Å². The van der Waals surface area contributed by atoms with Gasteiger partial charge in [-0.2, -0.15) is 0 Å². The van der Waals surface area contributed by atoms with Crippen LogP contribution in [0, 0.1) is 11.7 Å². The lowest BCUT2D eigenvalue weighted by molar-refractivity contribution is 0.335. The number of benzene rings is 1. The van der Waals surface area contributed by atoms with E-state index in [-0.39, 0.29) is 5.82 Å². The van der Waals surface area contributed by atoms with Gasteiger partial charge in [-0.25, -0.2) is 4.39 Å². The molecule has 1 aliphatic rings. The van der Waals surface area contributed by atoms with Crippen LogP contribution in [0.25, 0.3) is 0 Å². The molecule has 1 N–H and O–H groups in total. The first-order valence-electron chi connectivity index (χ1n) is 7.34. The lowest BCUT2D eigenvalue weighted by Crippen LogP contribution is -2.33. The van der Waals surface area contributed by atoms with Crippen molar-refractivity contribution in [2.45, 2.75) is 58.0 Å². The molecular formula is C16H23BrFN. The van der Waals surface area contributed by atoms with Gasteiger partial charge in [-0.15, -0.1) is 0 Å². The van der Waals surface area contributed by atoms with E-state index in [1.165, 1.54) is 44.6 Å². The highest BCUT2D eigenvalue weighted by atomic mass is 79.9. The van der Waals surface area contributed by atoms with Crippen molar-refractivity contribution in [2.24, 2.45) is 5.92 Å². The van der Waals surface area contributed by atoms with Gasteiger partial charge in [-0.1, -0.05) is 41.6 Å². The Kier molecular flexibility index (Phi) is 5.83. The van der Waals surface area contributed by atoms with Crippen molar-refractivity contribution in [2.75, 3.05) is 0 Å². The minimum Gasteiger partial charge on any atom is -0.310 e. The quantitative estimate of drug-likeness (QED) is 0.764. The van der Waals surface area contributed by atoms with Crippen LogP contribution in [0.3, 0.4) is 0 Å². The first-order chi connectivity index (χ1) is 9.16. The van der Waals surface area contributed by atoms with Gasteiger partial charge in [0.1, 0.15) is 5.82 Å². The Labute approximate surface area is 124 Å². The molecule has 1 nitrogen and oxygen atoms in total. The average molecular weight is 328 g/mol. The van der Waals surface area contributed by atoms with Gasteiger partial charge in [0.05, 0.1) is 0 Å². The van der Waals surface area contributed by atoms with Crippen molar-refractivity contribution < 1.29 is 4.39 Å². The summed E-state index contributed by atoms with van der Waals surface area (Å²) >= 11 is 3.40. The molecule has 0 heterocycles. The van der Waals surface area contributed by atoms with Crippen molar-refractivity contribution in [1.29, 1.82) is 0 Å². The van der Waals surface area contributed by atoms with Crippen LogP contribution in [0.15, 0.2) is 22.7 Å². The van der Waals surface area contributed by atoms with E-state index in [2.05, 4.69) is 28.2 Å². The van der Waals surface area contributed by atoms with Gasteiger partial charge in [-0.3, -0.25) is 0 Å². The largest absolute Gasteiger partial charge is 0.310 e. The van der Waals surface area contributed by atoms with Crippen LogP contribution >= 0.6 is 15.9 Å². The van der Waals surface area contributed by atoms with Crippen molar-refractivity contribution in [3.05, 3.63) is 34.1 Å². The van der Waals surface area contributed by atoms with Crippen LogP contribution in [-0.4, -0.2) is 6.04 Å². The van der Waals surface area contributed by atoms with Crippen LogP contribution < -0.4 is 5.32 Å². The molecular weight excluding hydrogens is 305 g/mol. The van der Waals surface area contributed by atoms with E-state index < -0.39 is 0 Å². The summed E-state index contributed by atoms with van der Waals surface area (Å²) in [5, 5.41) is 3.50. The summed E-state index contributed by atoms with van der Waals surface area (Å²) in [6.07, 6.45) is 8.08. The molecule has 1 aliphatic carbocycles. The Balaban J connectivity index is 1.88. The zero-order chi connectivity index (χ0) is 13.7. The third kappa shape index (κ3) is 4.57. The summed E-state index contributed by atoms with van der Waals surface area (Å²) < 4.78 is 14.6. The maximum atomic E-state index is 13.7. The fourth-order valence-electron chi connectivity index (χ4n) is 2.93. The van der Waals surface area contributed by atoms with E-state index >= 15 is 0 Å². The lowest BCUT2D eigenvalue weighted by atomic mass is 9.93. The van der Waals surface area contributed by atoms with E-state index in [0.29, 0.717) is 12.6 Å². The molecule has 1 aromatic carbocycles. The fraction of sp³-hybridized carbons (Fsp3) is 0.625. The number of halogens is 2. The Morgan fingerprint density at radius 1 is 1.26 bits per heavy atom. The maximum Gasteiger partial charge on any atom is 0.127 e. The van der Waals surface area contributed by atoms with Crippen LogP contribution in [0.4, 0.5) is 4.39 Å². The Morgan fingerprint density at radius 2 is 1.95 bits per heavy atom. The second-order valence-electron chi connectivity index (χ2n) is 5.66. The first-order valence-corrected chi connectivity index (χ1v) is 8.13. The maximum absolute atomic E-state index is 13.7.